The molecule has 4 aromatic rings. The predicted molar refractivity (Wildman–Crippen MR) is 159 cm³/mol. The van der Waals surface area contributed by atoms with Gasteiger partial charge in [-0.1, -0.05) is 60.7 Å². The van der Waals surface area contributed by atoms with E-state index in [-0.39, 0.29) is 16.4 Å². The van der Waals surface area contributed by atoms with Gasteiger partial charge < -0.3 is 4.74 Å². The van der Waals surface area contributed by atoms with Crippen LogP contribution >= 0.6 is 28.1 Å². The molecule has 0 unspecified atom stereocenters. The number of anilines is 1. The van der Waals surface area contributed by atoms with E-state index in [0.29, 0.717) is 28.8 Å². The Morgan fingerprint density at radius 3 is 2.54 bits per heavy atom. The van der Waals surface area contributed by atoms with Crippen LogP contribution in [-0.4, -0.2) is 16.9 Å². The van der Waals surface area contributed by atoms with E-state index in [9.17, 15) is 14.0 Å². The standard InChI is InChI=1S/C31H22BrFN2O3S/c1-2-8-21-15-19(16-24-29(36)34-31(39)35(30(24)37)27-14-6-5-13-26(27)33)17-25(32)28(21)38-18-22-11-7-10-20-9-3-4-12-23(20)22/h2-7,9-17H,1,8,18H2,(H,34,36,39)/b24-16+. The highest BCUT2D eigenvalue weighted by atomic mass is 79.9. The number of ether oxygens (including phenoxy) is 1. The van der Waals surface area contributed by atoms with E-state index < -0.39 is 17.6 Å². The summed E-state index contributed by atoms with van der Waals surface area (Å²) < 4.78 is 21.4. The molecule has 0 aliphatic carbocycles. The third-order valence-electron chi connectivity index (χ3n) is 6.27. The number of nitrogens with one attached hydrogen (secondary N) is 1. The van der Waals surface area contributed by atoms with Crippen molar-refractivity contribution >= 4 is 67.6 Å². The normalized spacial score (nSPS) is 14.6. The first-order chi connectivity index (χ1) is 18.9. The number of rotatable bonds is 7. The topological polar surface area (TPSA) is 58.6 Å². The highest BCUT2D eigenvalue weighted by Gasteiger charge is 2.35. The number of fused-ring (bicyclic) bond motifs is 1. The zero-order valence-corrected chi connectivity index (χ0v) is 23.0. The molecule has 1 fully saturated rings. The highest BCUT2D eigenvalue weighted by molar-refractivity contribution is 9.10. The molecule has 2 amide bonds. The summed E-state index contributed by atoms with van der Waals surface area (Å²) in [6.45, 7) is 4.20. The maximum atomic E-state index is 14.5. The Bertz CT molecular complexity index is 1680. The second-order valence-electron chi connectivity index (χ2n) is 8.82. The van der Waals surface area contributed by atoms with Crippen molar-refractivity contribution in [2.24, 2.45) is 0 Å². The summed E-state index contributed by atoms with van der Waals surface area (Å²) in [5, 5.41) is 4.55. The molecule has 194 valence electrons. The number of hydrogen-bond acceptors (Lipinski definition) is 4. The minimum Gasteiger partial charge on any atom is -0.487 e. The van der Waals surface area contributed by atoms with Gasteiger partial charge in [0.25, 0.3) is 11.8 Å². The van der Waals surface area contributed by atoms with Crippen molar-refractivity contribution in [2.45, 2.75) is 13.0 Å². The van der Waals surface area contributed by atoms with Crippen LogP contribution in [0.1, 0.15) is 16.7 Å². The number of carbonyl (C=O) groups excluding carboxylic acids is 2. The maximum Gasteiger partial charge on any atom is 0.270 e. The molecule has 0 bridgehead atoms. The van der Waals surface area contributed by atoms with E-state index >= 15 is 0 Å². The molecule has 1 N–H and O–H groups in total. The van der Waals surface area contributed by atoms with Crippen molar-refractivity contribution in [3.05, 3.63) is 124 Å². The fraction of sp³-hybridized carbons (Fsp3) is 0.0645. The first-order valence-corrected chi connectivity index (χ1v) is 13.3. The molecule has 39 heavy (non-hydrogen) atoms. The Morgan fingerprint density at radius 2 is 1.74 bits per heavy atom. The van der Waals surface area contributed by atoms with E-state index in [2.05, 4.69) is 46.0 Å². The monoisotopic (exact) mass is 600 g/mol. The van der Waals surface area contributed by atoms with Crippen LogP contribution < -0.4 is 15.0 Å². The molecule has 1 heterocycles. The third-order valence-corrected chi connectivity index (χ3v) is 7.14. The molecule has 1 aliphatic heterocycles. The molecule has 5 rings (SSSR count). The highest BCUT2D eigenvalue weighted by Crippen LogP contribution is 2.34. The van der Waals surface area contributed by atoms with Crippen molar-refractivity contribution in [2.75, 3.05) is 4.90 Å². The second kappa shape index (κ2) is 11.3. The van der Waals surface area contributed by atoms with E-state index in [1.54, 1.807) is 18.2 Å². The third kappa shape index (κ3) is 5.39. The van der Waals surface area contributed by atoms with Gasteiger partial charge in [-0.05, 0) is 92.4 Å². The number of halogens is 2. The summed E-state index contributed by atoms with van der Waals surface area (Å²) in [6, 6.07) is 23.5. The Hall–Kier alpha value is -4.14. The first kappa shape index (κ1) is 26.5. The molecular weight excluding hydrogens is 579 g/mol. The Morgan fingerprint density at radius 1 is 1.00 bits per heavy atom. The van der Waals surface area contributed by atoms with Crippen LogP contribution in [0.5, 0.6) is 5.75 Å². The smallest absolute Gasteiger partial charge is 0.270 e. The lowest BCUT2D eigenvalue weighted by Crippen LogP contribution is -2.54. The van der Waals surface area contributed by atoms with Crippen LogP contribution in [0, 0.1) is 5.82 Å². The quantitative estimate of drug-likeness (QED) is 0.109. The number of carbonyl (C=O) groups is 2. The number of amides is 2. The van der Waals surface area contributed by atoms with Crippen LogP contribution in [0.15, 0.2) is 102 Å². The fourth-order valence-corrected chi connectivity index (χ4v) is 5.38. The van der Waals surface area contributed by atoms with E-state index in [1.807, 2.05) is 30.3 Å². The molecule has 4 aromatic carbocycles. The molecule has 5 nitrogen and oxygen atoms in total. The van der Waals surface area contributed by atoms with Gasteiger partial charge in [0.15, 0.2) is 5.11 Å². The van der Waals surface area contributed by atoms with Crippen LogP contribution in [0.25, 0.3) is 16.8 Å². The van der Waals surface area contributed by atoms with Gasteiger partial charge in [-0.2, -0.15) is 0 Å². The van der Waals surface area contributed by atoms with E-state index in [4.69, 9.17) is 17.0 Å². The molecule has 0 atom stereocenters. The van der Waals surface area contributed by atoms with Gasteiger partial charge in [-0.15, -0.1) is 6.58 Å². The Kier molecular flexibility index (Phi) is 7.67. The number of allylic oxidation sites excluding steroid dienone is 1. The molecule has 0 radical (unpaired) electrons. The van der Waals surface area contributed by atoms with Gasteiger partial charge in [0.2, 0.25) is 0 Å². The summed E-state index contributed by atoms with van der Waals surface area (Å²) in [5.41, 5.74) is 2.23. The minimum atomic E-state index is -0.716. The first-order valence-electron chi connectivity index (χ1n) is 12.1. The lowest BCUT2D eigenvalue weighted by Gasteiger charge is -2.29. The van der Waals surface area contributed by atoms with Crippen molar-refractivity contribution in [3.8, 4) is 5.75 Å². The number of hydrogen-bond donors (Lipinski definition) is 1. The van der Waals surface area contributed by atoms with Gasteiger partial charge in [0.05, 0.1) is 10.2 Å². The number of nitrogens with zero attached hydrogens (tertiary/aromatic N) is 1. The molecule has 0 spiro atoms. The van der Waals surface area contributed by atoms with Crippen molar-refractivity contribution in [3.63, 3.8) is 0 Å². The average Bonchev–Trinajstić information content (AvgIpc) is 2.92. The zero-order chi connectivity index (χ0) is 27.5. The van der Waals surface area contributed by atoms with Gasteiger partial charge in [-0.25, -0.2) is 9.29 Å². The largest absolute Gasteiger partial charge is 0.487 e. The van der Waals surface area contributed by atoms with Gasteiger partial charge >= 0.3 is 0 Å². The van der Waals surface area contributed by atoms with Gasteiger partial charge in [0, 0.05) is 0 Å². The maximum absolute atomic E-state index is 14.5. The van der Waals surface area contributed by atoms with Crippen molar-refractivity contribution in [1.29, 1.82) is 0 Å². The fourth-order valence-electron chi connectivity index (χ4n) is 4.47. The van der Waals surface area contributed by atoms with Crippen LogP contribution in [0.4, 0.5) is 10.1 Å². The Balaban J connectivity index is 1.48. The number of para-hydroxylation sites is 1. The zero-order valence-electron chi connectivity index (χ0n) is 20.6. The van der Waals surface area contributed by atoms with E-state index in [0.717, 1.165) is 26.8 Å². The van der Waals surface area contributed by atoms with E-state index in [1.165, 1.54) is 24.3 Å². The summed E-state index contributed by atoms with van der Waals surface area (Å²) in [5.74, 6) is -1.37. The van der Waals surface area contributed by atoms with Crippen molar-refractivity contribution < 1.29 is 18.7 Å². The predicted octanol–water partition coefficient (Wildman–Crippen LogP) is 6.88. The molecule has 0 saturated carbocycles. The average molecular weight is 601 g/mol. The second-order valence-corrected chi connectivity index (χ2v) is 10.1. The molecule has 0 aromatic heterocycles. The minimum absolute atomic E-state index is 0.0379. The van der Waals surface area contributed by atoms with Gasteiger partial charge in [-0.3, -0.25) is 14.9 Å². The summed E-state index contributed by atoms with van der Waals surface area (Å²) in [7, 11) is 0. The van der Waals surface area contributed by atoms with Crippen LogP contribution in [0.2, 0.25) is 0 Å². The lowest BCUT2D eigenvalue weighted by molar-refractivity contribution is -0.122. The molecule has 8 heteroatoms. The molecular formula is C31H22BrFN2O3S. The molecule has 1 aliphatic rings. The van der Waals surface area contributed by atoms with Gasteiger partial charge in [0.1, 0.15) is 23.7 Å². The number of thiocarbonyl (C=S) groups is 1. The molecule has 1 saturated heterocycles. The summed E-state index contributed by atoms with van der Waals surface area (Å²) in [4.78, 5) is 27.1. The summed E-state index contributed by atoms with van der Waals surface area (Å²) >= 11 is 8.78. The number of benzene rings is 4. The summed E-state index contributed by atoms with van der Waals surface area (Å²) in [6.07, 6.45) is 3.70. The SMILES string of the molecule is C=CCc1cc(/C=C2\C(=O)NC(=S)N(c3ccccc3F)C2=O)cc(Br)c1OCc1cccc2ccccc12. The van der Waals surface area contributed by atoms with Crippen LogP contribution in [-0.2, 0) is 22.6 Å². The van der Waals surface area contributed by atoms with Crippen LogP contribution in [0.3, 0.4) is 0 Å². The lowest BCUT2D eigenvalue weighted by atomic mass is 10.0. The Labute approximate surface area is 238 Å². The van der Waals surface area contributed by atoms with Crippen molar-refractivity contribution in [1.82, 2.24) is 5.32 Å².